The van der Waals surface area contributed by atoms with Crippen molar-refractivity contribution in [2.24, 2.45) is 0 Å². The topological polar surface area (TPSA) is 148 Å². The lowest BCUT2D eigenvalue weighted by Gasteiger charge is -2.43. The average molecular weight is 706 g/mol. The number of carbonyl (C=O) groups excluding carboxylic acids is 4. The molecule has 0 aromatic heterocycles. The van der Waals surface area contributed by atoms with E-state index in [1.54, 1.807) is 20.8 Å². The van der Waals surface area contributed by atoms with Crippen molar-refractivity contribution in [3.05, 3.63) is 71.3 Å². The zero-order chi connectivity index (χ0) is 36.2. The Morgan fingerprint density at radius 3 is 2.41 bits per heavy atom. The number of morpholine rings is 1. The van der Waals surface area contributed by atoms with Crippen LogP contribution in [0.25, 0.3) is 5.57 Å². The van der Waals surface area contributed by atoms with Crippen LogP contribution in [0.5, 0.6) is 5.75 Å². The van der Waals surface area contributed by atoms with Gasteiger partial charge in [-0.15, -0.1) is 0 Å². The molecule has 0 radical (unpaired) electrons. The Labute approximate surface area is 300 Å². The molecule has 0 unspecified atom stereocenters. The molecule has 5 rings (SSSR count). The van der Waals surface area contributed by atoms with Crippen molar-refractivity contribution in [2.75, 3.05) is 65.7 Å². The van der Waals surface area contributed by atoms with Gasteiger partial charge in [-0.25, -0.2) is 9.59 Å². The van der Waals surface area contributed by atoms with Gasteiger partial charge < -0.3 is 44.7 Å². The smallest absolute Gasteiger partial charge is 0.407 e. The molecule has 13 heteroatoms. The first-order chi connectivity index (χ1) is 24.6. The minimum atomic E-state index is -0.561. The molecule has 276 valence electrons. The van der Waals surface area contributed by atoms with Crippen LogP contribution in [-0.2, 0) is 23.8 Å². The summed E-state index contributed by atoms with van der Waals surface area (Å²) >= 11 is 0. The summed E-state index contributed by atoms with van der Waals surface area (Å²) in [6.45, 7) is 9.24. The van der Waals surface area contributed by atoms with Crippen molar-refractivity contribution in [1.29, 1.82) is 0 Å². The number of nitrogens with zero attached hydrogens (tertiary/aromatic N) is 2. The van der Waals surface area contributed by atoms with Gasteiger partial charge >= 0.3 is 12.1 Å². The largest absolute Gasteiger partial charge is 0.492 e. The summed E-state index contributed by atoms with van der Waals surface area (Å²) in [4.78, 5) is 53.0. The zero-order valence-corrected chi connectivity index (χ0v) is 29.9. The van der Waals surface area contributed by atoms with Gasteiger partial charge in [0.05, 0.1) is 31.9 Å². The monoisotopic (exact) mass is 705 g/mol. The maximum Gasteiger partial charge on any atom is 0.407 e. The van der Waals surface area contributed by atoms with Crippen LogP contribution in [0.15, 0.2) is 60.2 Å². The number of carbonyl (C=O) groups is 4. The Morgan fingerprint density at radius 2 is 1.65 bits per heavy atom. The number of likely N-dealkylation sites (tertiary alicyclic amines) is 2. The average Bonchev–Trinajstić information content (AvgIpc) is 3.11. The lowest BCUT2D eigenvalue weighted by atomic mass is 9.88. The van der Waals surface area contributed by atoms with E-state index in [1.807, 2.05) is 46.2 Å². The first-order valence-electron chi connectivity index (χ1n) is 17.8. The van der Waals surface area contributed by atoms with E-state index in [4.69, 9.17) is 18.9 Å². The van der Waals surface area contributed by atoms with Gasteiger partial charge in [0, 0.05) is 39.1 Å². The van der Waals surface area contributed by atoms with Gasteiger partial charge in [-0.2, -0.15) is 0 Å². The van der Waals surface area contributed by atoms with Crippen LogP contribution in [0.2, 0.25) is 0 Å². The second kappa shape index (κ2) is 18.0. The molecule has 0 aliphatic carbocycles. The van der Waals surface area contributed by atoms with E-state index in [0.29, 0.717) is 58.0 Å². The Balaban J connectivity index is 1.09. The quantitative estimate of drug-likeness (QED) is 0.283. The summed E-state index contributed by atoms with van der Waals surface area (Å²) in [6.07, 6.45) is 1.87. The van der Waals surface area contributed by atoms with Gasteiger partial charge in [0.1, 0.15) is 24.6 Å². The van der Waals surface area contributed by atoms with Gasteiger partial charge in [-0.05, 0) is 68.9 Å². The number of benzene rings is 2. The molecule has 5 amide bonds. The highest BCUT2D eigenvalue weighted by molar-refractivity contribution is 5.83. The van der Waals surface area contributed by atoms with Crippen LogP contribution in [0, 0.1) is 0 Å². The molecule has 3 aliphatic heterocycles. The molecular weight excluding hydrogens is 654 g/mol. The molecule has 0 spiro atoms. The van der Waals surface area contributed by atoms with Crippen molar-refractivity contribution in [1.82, 2.24) is 25.8 Å². The van der Waals surface area contributed by atoms with E-state index in [-0.39, 0.29) is 56.2 Å². The third-order valence-corrected chi connectivity index (χ3v) is 8.85. The summed E-state index contributed by atoms with van der Waals surface area (Å²) in [6, 6.07) is 18.1. The van der Waals surface area contributed by atoms with Gasteiger partial charge in [-0.3, -0.25) is 9.59 Å². The Kier molecular flexibility index (Phi) is 13.3. The summed E-state index contributed by atoms with van der Waals surface area (Å²) in [7, 11) is 0. The lowest BCUT2D eigenvalue weighted by molar-refractivity contribution is -0.139. The highest BCUT2D eigenvalue weighted by Gasteiger charge is 2.38. The molecule has 3 fully saturated rings. The van der Waals surface area contributed by atoms with Crippen molar-refractivity contribution >= 4 is 29.5 Å². The molecule has 0 bridgehead atoms. The third-order valence-electron chi connectivity index (χ3n) is 8.85. The zero-order valence-electron chi connectivity index (χ0n) is 29.9. The maximum absolute atomic E-state index is 13.5. The van der Waals surface area contributed by atoms with Gasteiger partial charge in [0.15, 0.2) is 0 Å². The van der Waals surface area contributed by atoms with Crippen LogP contribution < -0.4 is 20.7 Å². The van der Waals surface area contributed by atoms with E-state index in [0.717, 1.165) is 29.5 Å². The molecule has 13 nitrogen and oxygen atoms in total. The van der Waals surface area contributed by atoms with E-state index in [2.05, 4.69) is 34.1 Å². The number of hydrogen-bond donors (Lipinski definition) is 3. The molecule has 3 heterocycles. The summed E-state index contributed by atoms with van der Waals surface area (Å²) < 4.78 is 22.3. The second-order valence-electron chi connectivity index (χ2n) is 13.9. The number of nitrogens with one attached hydrogen (secondary N) is 3. The normalized spacial score (nSPS) is 19.0. The highest BCUT2D eigenvalue weighted by Crippen LogP contribution is 2.34. The Bertz CT molecular complexity index is 1530. The van der Waals surface area contributed by atoms with Crippen molar-refractivity contribution in [3.8, 4) is 5.75 Å². The van der Waals surface area contributed by atoms with E-state index in [9.17, 15) is 19.2 Å². The molecule has 51 heavy (non-hydrogen) atoms. The highest BCUT2D eigenvalue weighted by atomic mass is 16.6. The predicted octanol–water partition coefficient (Wildman–Crippen LogP) is 3.72. The molecule has 2 atom stereocenters. The van der Waals surface area contributed by atoms with Gasteiger partial charge in [-0.1, -0.05) is 48.0 Å². The van der Waals surface area contributed by atoms with Crippen LogP contribution >= 0.6 is 0 Å². The molecule has 3 aliphatic rings. The van der Waals surface area contributed by atoms with Crippen LogP contribution in [0.1, 0.15) is 57.6 Å². The fraction of sp³-hybridized carbons (Fsp3) is 0.526. The van der Waals surface area contributed by atoms with Crippen molar-refractivity contribution < 1.29 is 38.1 Å². The SMILES string of the molecule is CC(C)(C)OC(=O)NCCOCCC(=O)NCCOc1cccc(C(=C2CCN(C(=O)N3CC[C@@H]4OCC(=O)N[C@@H]4C3)CC2)c2ccccc2)c1. The first kappa shape index (κ1) is 37.6. The second-order valence-corrected chi connectivity index (χ2v) is 13.9. The van der Waals surface area contributed by atoms with E-state index in [1.165, 1.54) is 5.57 Å². The number of ether oxygens (including phenoxy) is 4. The number of hydrogen-bond acceptors (Lipinski definition) is 8. The minimum Gasteiger partial charge on any atom is -0.492 e. The van der Waals surface area contributed by atoms with Crippen LogP contribution in [0.3, 0.4) is 0 Å². The van der Waals surface area contributed by atoms with Gasteiger partial charge in [0.2, 0.25) is 11.8 Å². The number of alkyl carbamates (subject to hydrolysis) is 1. The molecule has 3 saturated heterocycles. The molecule has 2 aromatic rings. The fourth-order valence-electron chi connectivity index (χ4n) is 6.47. The lowest BCUT2D eigenvalue weighted by Crippen LogP contribution is -2.62. The van der Waals surface area contributed by atoms with E-state index >= 15 is 0 Å². The number of piperidine rings is 2. The molecule has 0 saturated carbocycles. The number of urea groups is 1. The molecule has 2 aromatic carbocycles. The van der Waals surface area contributed by atoms with E-state index < -0.39 is 11.7 Å². The fourth-order valence-corrected chi connectivity index (χ4v) is 6.47. The number of fused-ring (bicyclic) bond motifs is 1. The first-order valence-corrected chi connectivity index (χ1v) is 17.8. The van der Waals surface area contributed by atoms with Gasteiger partial charge in [0.25, 0.3) is 0 Å². The standard InChI is InChI=1S/C38H51N5O8/c1-38(2,3)51-36(46)40-16-22-48-21-15-33(44)39-17-23-49-30-11-7-10-29(24-30)35(27-8-5-4-6-9-27)28-12-18-42(19-13-28)37(47)43-20-14-32-31(25-43)41-34(45)26-50-32/h4-11,24,31-32H,12-23,25-26H2,1-3H3,(H,39,44)(H,40,46)(H,41,45)/t31-,32+/m1/s1. The van der Waals surface area contributed by atoms with Crippen molar-refractivity contribution in [2.45, 2.75) is 64.2 Å². The maximum atomic E-state index is 13.5. The number of rotatable bonds is 12. The Morgan fingerprint density at radius 1 is 0.902 bits per heavy atom. The molecular formula is C38H51N5O8. The van der Waals surface area contributed by atoms with Crippen LogP contribution in [-0.4, -0.2) is 117 Å². The minimum absolute atomic E-state index is 0.0104. The number of amides is 5. The third kappa shape index (κ3) is 11.4. The summed E-state index contributed by atoms with van der Waals surface area (Å²) in [5, 5.41) is 8.45. The summed E-state index contributed by atoms with van der Waals surface area (Å²) in [5.41, 5.74) is 4.00. The predicted molar refractivity (Wildman–Crippen MR) is 191 cm³/mol. The Hall–Kier alpha value is -4.62. The molecule has 3 N–H and O–H groups in total. The van der Waals surface area contributed by atoms with Crippen LogP contribution in [0.4, 0.5) is 9.59 Å². The van der Waals surface area contributed by atoms with Crippen molar-refractivity contribution in [3.63, 3.8) is 0 Å². The summed E-state index contributed by atoms with van der Waals surface area (Å²) in [5.74, 6) is 0.425.